The van der Waals surface area contributed by atoms with Crippen LogP contribution in [0.3, 0.4) is 0 Å². The van der Waals surface area contributed by atoms with Crippen LogP contribution in [0.1, 0.15) is 28.7 Å². The monoisotopic (exact) mass is 514 g/mol. The van der Waals surface area contributed by atoms with Gasteiger partial charge in [-0.2, -0.15) is 0 Å². The Balaban J connectivity index is 2.05. The normalized spacial score (nSPS) is 21.4. The molecule has 0 radical (unpaired) electrons. The Labute approximate surface area is 219 Å². The molecule has 1 aliphatic heterocycles. The fraction of sp³-hybridized carbons (Fsp3) is 0.267. The lowest BCUT2D eigenvalue weighted by molar-refractivity contribution is -0.149. The van der Waals surface area contributed by atoms with E-state index in [1.165, 1.54) is 11.7 Å². The molecule has 1 aliphatic rings. The number of aromatic nitrogens is 2. The molecule has 0 bridgehead atoms. The first-order valence-corrected chi connectivity index (χ1v) is 12.4. The number of H-pyrrole nitrogens is 1. The van der Waals surface area contributed by atoms with Crippen molar-refractivity contribution in [2.45, 2.75) is 36.7 Å². The topological polar surface area (TPSA) is 114 Å². The summed E-state index contributed by atoms with van der Waals surface area (Å²) in [6.45, 7) is 1.09. The maximum atomic E-state index is 13.8. The van der Waals surface area contributed by atoms with E-state index in [4.69, 9.17) is 9.47 Å². The highest BCUT2D eigenvalue weighted by Gasteiger charge is 2.64. The van der Waals surface area contributed by atoms with E-state index in [-0.39, 0.29) is 17.9 Å². The molecule has 0 spiro atoms. The summed E-state index contributed by atoms with van der Waals surface area (Å²) in [7, 11) is 1.38. The zero-order chi connectivity index (χ0) is 26.9. The minimum atomic E-state index is -1.68. The molecular weight excluding hydrogens is 484 g/mol. The predicted molar refractivity (Wildman–Crippen MR) is 142 cm³/mol. The summed E-state index contributed by atoms with van der Waals surface area (Å²) in [6, 6.07) is 28.8. The van der Waals surface area contributed by atoms with Gasteiger partial charge in [0.1, 0.15) is 6.10 Å². The molecule has 4 aromatic rings. The van der Waals surface area contributed by atoms with Gasteiger partial charge in [-0.3, -0.25) is 9.78 Å². The van der Waals surface area contributed by atoms with E-state index in [2.05, 4.69) is 4.98 Å². The first-order chi connectivity index (χ1) is 18.4. The summed E-state index contributed by atoms with van der Waals surface area (Å²) in [6.07, 6.45) is -2.22. The van der Waals surface area contributed by atoms with Gasteiger partial charge < -0.3 is 19.7 Å². The Morgan fingerprint density at radius 2 is 1.42 bits per heavy atom. The van der Waals surface area contributed by atoms with Gasteiger partial charge in [0.25, 0.3) is 5.56 Å². The standard InChI is InChI=1S/C30H30N2O6/c1-20-26(35)31-28(36)32(27(20)37-2)29(18-24(34)25(19-33)38-29)30(21-12-6-3-7-13-21,22-14-8-4-9-15-22)23-16-10-5-11-17-23/h3-17,24-25,33-34H,18-19H2,1-2H3,(H,31,35,36)/t24-,25+,29-/m0/s1. The van der Waals surface area contributed by atoms with E-state index in [9.17, 15) is 19.8 Å². The molecule has 0 amide bonds. The molecule has 38 heavy (non-hydrogen) atoms. The van der Waals surface area contributed by atoms with Gasteiger partial charge in [-0.25, -0.2) is 9.36 Å². The van der Waals surface area contributed by atoms with Gasteiger partial charge in [0.05, 0.1) is 30.8 Å². The van der Waals surface area contributed by atoms with Gasteiger partial charge in [-0.05, 0) is 23.6 Å². The largest absolute Gasteiger partial charge is 0.482 e. The lowest BCUT2D eigenvalue weighted by atomic mass is 9.61. The molecular formula is C30H30N2O6. The Morgan fingerprint density at radius 3 is 1.82 bits per heavy atom. The average molecular weight is 515 g/mol. The van der Waals surface area contributed by atoms with Gasteiger partial charge >= 0.3 is 5.69 Å². The smallest absolute Gasteiger partial charge is 0.333 e. The number of hydrogen-bond acceptors (Lipinski definition) is 6. The van der Waals surface area contributed by atoms with E-state index in [0.717, 1.165) is 16.7 Å². The highest BCUT2D eigenvalue weighted by atomic mass is 16.6. The van der Waals surface area contributed by atoms with Crippen LogP contribution in [-0.2, 0) is 15.9 Å². The molecule has 8 heteroatoms. The second kappa shape index (κ2) is 10.1. The number of rotatable bonds is 7. The van der Waals surface area contributed by atoms with Crippen molar-refractivity contribution in [3.8, 4) is 5.88 Å². The second-order valence-corrected chi connectivity index (χ2v) is 9.47. The number of methoxy groups -OCH3 is 1. The lowest BCUT2D eigenvalue weighted by Gasteiger charge is -2.50. The van der Waals surface area contributed by atoms with Crippen molar-refractivity contribution in [2.75, 3.05) is 13.7 Å². The van der Waals surface area contributed by atoms with Crippen LogP contribution in [0.2, 0.25) is 0 Å². The molecule has 0 saturated carbocycles. The Morgan fingerprint density at radius 1 is 0.947 bits per heavy atom. The second-order valence-electron chi connectivity index (χ2n) is 9.47. The molecule has 196 valence electrons. The first-order valence-electron chi connectivity index (χ1n) is 12.4. The number of hydrogen-bond donors (Lipinski definition) is 3. The molecule has 1 saturated heterocycles. The number of benzene rings is 3. The Kier molecular flexibility index (Phi) is 6.79. The zero-order valence-corrected chi connectivity index (χ0v) is 21.2. The summed E-state index contributed by atoms with van der Waals surface area (Å²) < 4.78 is 13.7. The van der Waals surface area contributed by atoms with Gasteiger partial charge in [0, 0.05) is 6.42 Å². The fourth-order valence-electron chi connectivity index (χ4n) is 5.92. The molecule has 8 nitrogen and oxygen atoms in total. The molecule has 0 unspecified atom stereocenters. The molecule has 3 atom stereocenters. The van der Waals surface area contributed by atoms with E-state index >= 15 is 0 Å². The van der Waals surface area contributed by atoms with Crippen molar-refractivity contribution in [1.29, 1.82) is 0 Å². The number of ether oxygens (including phenoxy) is 2. The zero-order valence-electron chi connectivity index (χ0n) is 21.2. The van der Waals surface area contributed by atoms with E-state index in [1.807, 2.05) is 91.0 Å². The van der Waals surface area contributed by atoms with Crippen LogP contribution in [0.15, 0.2) is 101 Å². The van der Waals surface area contributed by atoms with Crippen LogP contribution < -0.4 is 16.0 Å². The fourth-order valence-corrected chi connectivity index (χ4v) is 5.92. The highest BCUT2D eigenvalue weighted by molar-refractivity contribution is 5.54. The van der Waals surface area contributed by atoms with Crippen molar-refractivity contribution in [1.82, 2.24) is 9.55 Å². The molecule has 0 aliphatic carbocycles. The highest BCUT2D eigenvalue weighted by Crippen LogP contribution is 2.57. The van der Waals surface area contributed by atoms with Crippen LogP contribution >= 0.6 is 0 Å². The molecule has 1 fully saturated rings. The lowest BCUT2D eigenvalue weighted by Crippen LogP contribution is -2.59. The Hall–Kier alpha value is -3.98. The minimum absolute atomic E-state index is 0.0108. The SMILES string of the molecule is COc1c(C)c(=O)[nH]c(=O)n1[C@@]1(C(c2ccccc2)(c2ccccc2)c2ccccc2)C[C@H](O)[C@@H](CO)O1. The third-order valence-electron chi connectivity index (χ3n) is 7.49. The van der Waals surface area contributed by atoms with Gasteiger partial charge in [0.2, 0.25) is 5.88 Å². The van der Waals surface area contributed by atoms with Crippen molar-refractivity contribution in [3.05, 3.63) is 134 Å². The van der Waals surface area contributed by atoms with E-state index < -0.39 is 41.2 Å². The number of nitrogens with one attached hydrogen (secondary N) is 1. The molecule has 5 rings (SSSR count). The predicted octanol–water partition coefficient (Wildman–Crippen LogP) is 2.68. The number of aromatic amines is 1. The van der Waals surface area contributed by atoms with E-state index in [0.29, 0.717) is 0 Å². The van der Waals surface area contributed by atoms with Gasteiger partial charge in [0.15, 0.2) is 5.72 Å². The van der Waals surface area contributed by atoms with Crippen LogP contribution in [0.5, 0.6) is 5.88 Å². The third-order valence-corrected chi connectivity index (χ3v) is 7.49. The average Bonchev–Trinajstić information content (AvgIpc) is 3.29. The van der Waals surface area contributed by atoms with Crippen molar-refractivity contribution in [2.24, 2.45) is 0 Å². The van der Waals surface area contributed by atoms with Crippen LogP contribution in [-0.4, -0.2) is 45.7 Å². The van der Waals surface area contributed by atoms with Crippen LogP contribution in [0.25, 0.3) is 0 Å². The maximum Gasteiger partial charge on any atom is 0.333 e. The summed E-state index contributed by atoms with van der Waals surface area (Å²) in [5, 5.41) is 21.5. The van der Waals surface area contributed by atoms with Crippen molar-refractivity contribution >= 4 is 0 Å². The minimum Gasteiger partial charge on any atom is -0.482 e. The van der Waals surface area contributed by atoms with Crippen LogP contribution in [0.4, 0.5) is 0 Å². The summed E-state index contributed by atoms with van der Waals surface area (Å²) in [4.78, 5) is 28.9. The van der Waals surface area contributed by atoms with Gasteiger partial charge in [-0.15, -0.1) is 0 Å². The van der Waals surface area contributed by atoms with Crippen molar-refractivity contribution < 1.29 is 19.7 Å². The molecule has 3 N–H and O–H groups in total. The number of aliphatic hydroxyl groups excluding tert-OH is 2. The van der Waals surface area contributed by atoms with E-state index in [1.54, 1.807) is 6.92 Å². The van der Waals surface area contributed by atoms with Crippen molar-refractivity contribution in [3.63, 3.8) is 0 Å². The first kappa shape index (κ1) is 25.7. The third kappa shape index (κ3) is 3.72. The molecule has 3 aromatic carbocycles. The number of aliphatic hydroxyl groups is 2. The molecule has 1 aromatic heterocycles. The molecule has 2 heterocycles. The summed E-state index contributed by atoms with van der Waals surface area (Å²) in [5.74, 6) is 0.0108. The summed E-state index contributed by atoms with van der Waals surface area (Å²) >= 11 is 0. The number of nitrogens with zero attached hydrogens (tertiary/aromatic N) is 1. The van der Waals surface area contributed by atoms with Crippen LogP contribution in [0, 0.1) is 6.92 Å². The summed E-state index contributed by atoms with van der Waals surface area (Å²) in [5.41, 5.74) is -1.75. The van der Waals surface area contributed by atoms with Gasteiger partial charge in [-0.1, -0.05) is 91.0 Å². The Bertz CT molecular complexity index is 1420. The maximum absolute atomic E-state index is 13.8. The quantitative estimate of drug-likeness (QED) is 0.327.